The lowest BCUT2D eigenvalue weighted by Crippen LogP contribution is -2.43. The van der Waals surface area contributed by atoms with E-state index in [4.69, 9.17) is 21.1 Å². The Hall–Kier alpha value is -3.18. The van der Waals surface area contributed by atoms with Gasteiger partial charge in [0.2, 0.25) is 0 Å². The summed E-state index contributed by atoms with van der Waals surface area (Å²) < 4.78 is 10.8. The van der Waals surface area contributed by atoms with E-state index in [0.717, 1.165) is 16.9 Å². The van der Waals surface area contributed by atoms with Crippen LogP contribution in [0.3, 0.4) is 0 Å². The molecule has 0 saturated heterocycles. The summed E-state index contributed by atoms with van der Waals surface area (Å²) in [7, 11) is 3.10. The van der Waals surface area contributed by atoms with Crippen LogP contribution in [-0.2, 0) is 0 Å². The van der Waals surface area contributed by atoms with Crippen molar-refractivity contribution in [1.82, 2.24) is 0 Å². The van der Waals surface area contributed by atoms with Crippen molar-refractivity contribution < 1.29 is 14.3 Å². The van der Waals surface area contributed by atoms with Gasteiger partial charge in [0.05, 0.1) is 24.8 Å². The molecule has 1 heterocycles. The second-order valence-corrected chi connectivity index (χ2v) is 6.75. The van der Waals surface area contributed by atoms with Crippen molar-refractivity contribution in [3.63, 3.8) is 0 Å². The van der Waals surface area contributed by atoms with E-state index >= 15 is 0 Å². The van der Waals surface area contributed by atoms with Crippen LogP contribution >= 0.6 is 11.6 Å². The van der Waals surface area contributed by atoms with Gasteiger partial charge in [-0.25, -0.2) is 0 Å². The molecule has 0 aliphatic carbocycles. The Bertz CT molecular complexity index is 1020. The van der Waals surface area contributed by atoms with Crippen LogP contribution < -0.4 is 19.7 Å². The number of amides is 1. The number of nitrogens with one attached hydrogen (secondary N) is 1. The molecule has 0 unspecified atom stereocenters. The number of fused-ring (bicyclic) bond motifs is 1. The third-order valence-electron chi connectivity index (χ3n) is 4.73. The fourth-order valence-electron chi connectivity index (χ4n) is 3.44. The second kappa shape index (κ2) is 7.44. The minimum Gasteiger partial charge on any atom is -0.493 e. The van der Waals surface area contributed by atoms with Gasteiger partial charge in [0.1, 0.15) is 6.17 Å². The molecule has 5 nitrogen and oxygen atoms in total. The molecule has 3 aromatic carbocycles. The number of benzene rings is 3. The predicted octanol–water partition coefficient (Wildman–Crippen LogP) is 5.13. The molecule has 1 N–H and O–H groups in total. The number of carbonyl (C=O) groups is 1. The van der Waals surface area contributed by atoms with Gasteiger partial charge in [-0.15, -0.1) is 0 Å². The molecular weight excluding hydrogens is 376 g/mol. The average Bonchev–Trinajstić information content (AvgIpc) is 2.73. The van der Waals surface area contributed by atoms with Crippen LogP contribution in [0.15, 0.2) is 66.7 Å². The van der Waals surface area contributed by atoms with Crippen molar-refractivity contribution in [2.24, 2.45) is 0 Å². The Morgan fingerprint density at radius 1 is 0.964 bits per heavy atom. The number of anilines is 2. The first-order valence-electron chi connectivity index (χ1n) is 8.79. The second-order valence-electron chi connectivity index (χ2n) is 6.34. The zero-order chi connectivity index (χ0) is 19.7. The predicted molar refractivity (Wildman–Crippen MR) is 111 cm³/mol. The lowest BCUT2D eigenvalue weighted by molar-refractivity contribution is 0.0975. The largest absolute Gasteiger partial charge is 0.493 e. The molecule has 0 aromatic heterocycles. The van der Waals surface area contributed by atoms with Crippen LogP contribution in [0.25, 0.3) is 0 Å². The molecule has 0 fully saturated rings. The lowest BCUT2D eigenvalue weighted by atomic mass is 10.0. The van der Waals surface area contributed by atoms with Crippen LogP contribution in [0.2, 0.25) is 5.02 Å². The Balaban J connectivity index is 1.88. The highest BCUT2D eigenvalue weighted by molar-refractivity contribution is 6.32. The minimum absolute atomic E-state index is 0.0866. The van der Waals surface area contributed by atoms with Crippen molar-refractivity contribution in [1.29, 1.82) is 0 Å². The molecule has 0 radical (unpaired) electrons. The molecule has 1 atom stereocenters. The molecule has 1 amide bonds. The topological polar surface area (TPSA) is 50.8 Å². The van der Waals surface area contributed by atoms with Gasteiger partial charge in [0.15, 0.2) is 11.5 Å². The summed E-state index contributed by atoms with van der Waals surface area (Å²) in [5.74, 6) is 0.879. The van der Waals surface area contributed by atoms with Crippen LogP contribution in [0.1, 0.15) is 22.1 Å². The highest BCUT2D eigenvalue weighted by Gasteiger charge is 2.34. The molecule has 0 bridgehead atoms. The number of hydrogen-bond donors (Lipinski definition) is 1. The number of methoxy groups -OCH3 is 2. The van der Waals surface area contributed by atoms with Gasteiger partial charge in [0, 0.05) is 16.9 Å². The van der Waals surface area contributed by atoms with E-state index in [9.17, 15) is 4.79 Å². The zero-order valence-corrected chi connectivity index (χ0v) is 16.2. The van der Waals surface area contributed by atoms with Crippen LogP contribution in [0.4, 0.5) is 11.4 Å². The molecule has 6 heteroatoms. The van der Waals surface area contributed by atoms with Gasteiger partial charge in [-0.2, -0.15) is 0 Å². The first-order chi connectivity index (χ1) is 13.6. The number of carbonyl (C=O) groups excluding carboxylic acids is 1. The van der Waals surface area contributed by atoms with E-state index in [1.807, 2.05) is 60.7 Å². The molecule has 4 rings (SSSR count). The summed E-state index contributed by atoms with van der Waals surface area (Å²) in [6.45, 7) is 0. The molecule has 0 spiro atoms. The maximum absolute atomic E-state index is 13.4. The molecule has 142 valence electrons. The Kier molecular flexibility index (Phi) is 4.84. The van der Waals surface area contributed by atoms with Crippen LogP contribution in [0, 0.1) is 0 Å². The number of para-hydroxylation sites is 2. The van der Waals surface area contributed by atoms with Gasteiger partial charge in [-0.05, 0) is 36.4 Å². The van der Waals surface area contributed by atoms with Gasteiger partial charge >= 0.3 is 0 Å². The highest BCUT2D eigenvalue weighted by Crippen LogP contribution is 2.42. The van der Waals surface area contributed by atoms with Crippen molar-refractivity contribution in [2.75, 3.05) is 24.4 Å². The van der Waals surface area contributed by atoms with Crippen molar-refractivity contribution in [2.45, 2.75) is 6.17 Å². The standard InChI is InChI=1S/C22H19ClN2O3/c1-27-19-13-14(12-17(23)20(19)28-2)21-24-18-11-7-6-10-16(18)22(26)25(21)15-8-4-3-5-9-15/h3-13,21,24H,1-2H3/t21-/m1/s1. The van der Waals surface area contributed by atoms with Crippen molar-refractivity contribution >= 4 is 28.9 Å². The van der Waals surface area contributed by atoms with Gasteiger partial charge < -0.3 is 14.8 Å². The van der Waals surface area contributed by atoms with E-state index in [-0.39, 0.29) is 5.91 Å². The van der Waals surface area contributed by atoms with E-state index in [1.54, 1.807) is 18.1 Å². The van der Waals surface area contributed by atoms with Crippen LogP contribution in [-0.4, -0.2) is 20.1 Å². The fraction of sp³-hybridized carbons (Fsp3) is 0.136. The Labute approximate surface area is 168 Å². The number of nitrogens with zero attached hydrogens (tertiary/aromatic N) is 1. The molecule has 1 aliphatic rings. The molecule has 1 aliphatic heterocycles. The van der Waals surface area contributed by atoms with Crippen molar-refractivity contribution in [3.05, 3.63) is 82.9 Å². The summed E-state index contributed by atoms with van der Waals surface area (Å²) in [6.07, 6.45) is -0.456. The number of halogens is 1. The summed E-state index contributed by atoms with van der Waals surface area (Å²) in [5.41, 5.74) is 2.96. The lowest BCUT2D eigenvalue weighted by Gasteiger charge is -2.38. The van der Waals surface area contributed by atoms with E-state index in [1.165, 1.54) is 7.11 Å². The zero-order valence-electron chi connectivity index (χ0n) is 15.5. The number of hydrogen-bond acceptors (Lipinski definition) is 4. The van der Waals surface area contributed by atoms with E-state index in [2.05, 4.69) is 5.32 Å². The number of ether oxygens (including phenoxy) is 2. The third-order valence-corrected chi connectivity index (χ3v) is 5.01. The maximum Gasteiger partial charge on any atom is 0.262 e. The van der Waals surface area contributed by atoms with E-state index < -0.39 is 6.17 Å². The van der Waals surface area contributed by atoms with Crippen molar-refractivity contribution in [3.8, 4) is 11.5 Å². The summed E-state index contributed by atoms with van der Waals surface area (Å²) in [5, 5.41) is 3.87. The quantitative estimate of drug-likeness (QED) is 0.666. The first kappa shape index (κ1) is 18.2. The van der Waals surface area contributed by atoms with E-state index in [0.29, 0.717) is 22.1 Å². The normalized spacial score (nSPS) is 15.6. The highest BCUT2D eigenvalue weighted by atomic mass is 35.5. The van der Waals surface area contributed by atoms with Gasteiger partial charge in [-0.1, -0.05) is 41.9 Å². The summed E-state index contributed by atoms with van der Waals surface area (Å²) in [4.78, 5) is 15.1. The smallest absolute Gasteiger partial charge is 0.262 e. The third kappa shape index (κ3) is 3.04. The summed E-state index contributed by atoms with van der Waals surface area (Å²) >= 11 is 6.43. The fourth-order valence-corrected chi connectivity index (χ4v) is 3.73. The molecule has 0 saturated carbocycles. The summed E-state index contributed by atoms with van der Waals surface area (Å²) in [6, 6.07) is 20.6. The SMILES string of the molecule is COc1cc([C@@H]2Nc3ccccc3C(=O)N2c2ccccc2)cc(Cl)c1OC. The first-order valence-corrected chi connectivity index (χ1v) is 9.17. The Morgan fingerprint density at radius 2 is 1.68 bits per heavy atom. The number of rotatable bonds is 4. The molecule has 3 aromatic rings. The maximum atomic E-state index is 13.4. The molecular formula is C22H19ClN2O3. The van der Waals surface area contributed by atoms with Crippen LogP contribution in [0.5, 0.6) is 11.5 Å². The minimum atomic E-state index is -0.456. The Morgan fingerprint density at radius 3 is 2.39 bits per heavy atom. The van der Waals surface area contributed by atoms with Gasteiger partial charge in [-0.3, -0.25) is 9.69 Å². The average molecular weight is 395 g/mol. The monoisotopic (exact) mass is 394 g/mol. The molecule has 28 heavy (non-hydrogen) atoms. The van der Waals surface area contributed by atoms with Gasteiger partial charge in [0.25, 0.3) is 5.91 Å².